The van der Waals surface area contributed by atoms with E-state index in [1.807, 2.05) is 13.8 Å². The van der Waals surface area contributed by atoms with Gasteiger partial charge in [-0.1, -0.05) is 135 Å². The van der Waals surface area contributed by atoms with E-state index >= 15 is 0 Å². The summed E-state index contributed by atoms with van der Waals surface area (Å²) in [6.45, 7) is 15.2. The molecule has 0 aliphatic rings. The second-order valence-corrected chi connectivity index (χ2v) is 13.8. The summed E-state index contributed by atoms with van der Waals surface area (Å²) in [6.07, 6.45) is 3.44. The van der Waals surface area contributed by atoms with Gasteiger partial charge in [-0.3, -0.25) is 0 Å². The van der Waals surface area contributed by atoms with Gasteiger partial charge >= 0.3 is 0 Å². The normalized spacial score (nSPS) is 12.0. The fourth-order valence-corrected chi connectivity index (χ4v) is 8.57. The van der Waals surface area contributed by atoms with Crippen molar-refractivity contribution in [2.75, 3.05) is 4.90 Å². The van der Waals surface area contributed by atoms with E-state index in [4.69, 9.17) is 0 Å². The number of fused-ring (bicyclic) bond motifs is 6. The van der Waals surface area contributed by atoms with Gasteiger partial charge in [0.25, 0.3) is 0 Å². The smallest absolute Gasteiger partial charge is 0.0540 e. The van der Waals surface area contributed by atoms with Gasteiger partial charge in [-0.15, -0.1) is 0 Å². The summed E-state index contributed by atoms with van der Waals surface area (Å²) in [5, 5.41) is 14.9. The van der Waals surface area contributed by atoms with Crippen molar-refractivity contribution in [3.8, 4) is 11.1 Å². The molecule has 0 saturated carbocycles. The van der Waals surface area contributed by atoms with Gasteiger partial charge in [0.1, 0.15) is 0 Å². The average Bonchev–Trinajstić information content (AvgIpc) is 3.68. The molecule has 0 unspecified atom stereocenters. The van der Waals surface area contributed by atoms with Crippen molar-refractivity contribution in [3.63, 3.8) is 0 Å². The summed E-state index contributed by atoms with van der Waals surface area (Å²) in [5.74, 6) is 0. The van der Waals surface area contributed by atoms with Crippen LogP contribution in [-0.4, -0.2) is 0 Å². The Kier molecular flexibility index (Phi) is 8.23. The highest BCUT2D eigenvalue weighted by Gasteiger charge is 2.26. The second kappa shape index (κ2) is 12.9. The summed E-state index contributed by atoms with van der Waals surface area (Å²) < 4.78 is 0. The standard InChI is InChI=1S/C48H39N.C2H6/c1-6-12-37-42-31(4)13-10-17-38(42)47-43(37)32(5)44-40-27-28-41(49(34-23-19-29(2)20-24-34)35-25-21-30(3)22-26-35)36-16-11-18-39(46(36)40)48(44)45(47)33-14-8-7-9-15-33;1-2/h7-28H,6H2,1-5H3;1-2H3/b37-12+;. The molecule has 9 rings (SSSR count). The molecule has 0 atom stereocenters. The molecule has 9 aromatic carbocycles. The molecule has 9 aromatic rings. The quantitative estimate of drug-likeness (QED) is 0.178. The van der Waals surface area contributed by atoms with Crippen LogP contribution in [0.15, 0.2) is 127 Å². The van der Waals surface area contributed by atoms with Crippen molar-refractivity contribution < 1.29 is 0 Å². The van der Waals surface area contributed by atoms with Crippen LogP contribution >= 0.6 is 0 Å². The minimum atomic E-state index is 0.993. The van der Waals surface area contributed by atoms with Gasteiger partial charge in [-0.2, -0.15) is 0 Å². The zero-order chi connectivity index (χ0) is 35.4. The Hall–Kier alpha value is -5.66. The first-order valence-corrected chi connectivity index (χ1v) is 18.5. The third kappa shape index (κ3) is 4.98. The lowest BCUT2D eigenvalue weighted by molar-refractivity contribution is 1.28. The van der Waals surface area contributed by atoms with Gasteiger partial charge in [0, 0.05) is 16.8 Å². The first-order valence-electron chi connectivity index (χ1n) is 18.5. The summed E-state index contributed by atoms with van der Waals surface area (Å²) in [5.41, 5.74) is 11.4. The fourth-order valence-electron chi connectivity index (χ4n) is 8.57. The highest BCUT2D eigenvalue weighted by atomic mass is 15.1. The Morgan fingerprint density at radius 2 is 1.02 bits per heavy atom. The molecule has 0 spiro atoms. The van der Waals surface area contributed by atoms with Crippen LogP contribution in [-0.2, 0) is 0 Å². The molecular weight excluding hydrogens is 615 g/mol. The van der Waals surface area contributed by atoms with Gasteiger partial charge in [-0.05, 0) is 140 Å². The maximum absolute atomic E-state index is 2.45. The van der Waals surface area contributed by atoms with E-state index in [9.17, 15) is 0 Å². The van der Waals surface area contributed by atoms with Crippen molar-refractivity contribution >= 4 is 77.0 Å². The van der Waals surface area contributed by atoms with E-state index in [0.29, 0.717) is 0 Å². The van der Waals surface area contributed by atoms with Crippen LogP contribution in [0.4, 0.5) is 17.1 Å². The molecule has 0 aliphatic heterocycles. The third-order valence-corrected chi connectivity index (χ3v) is 10.7. The number of benzene rings is 7. The lowest BCUT2D eigenvalue weighted by atomic mass is 9.90. The predicted molar refractivity (Wildman–Crippen MR) is 226 cm³/mol. The summed E-state index contributed by atoms with van der Waals surface area (Å²) >= 11 is 0. The maximum Gasteiger partial charge on any atom is 0.0540 e. The monoisotopic (exact) mass is 659 g/mol. The minimum Gasteiger partial charge on any atom is -0.310 e. The van der Waals surface area contributed by atoms with E-state index in [1.54, 1.807) is 0 Å². The SMILES string of the molecule is CC.CC/C=c1\c2c(C)cccc2c2c(-c3ccccc3)c3c4cccc5c(N(c6ccc(C)cc6)c6ccc(C)cc6)ccc(c3c(C)c12)c54. The zero-order valence-corrected chi connectivity index (χ0v) is 30.9. The van der Waals surface area contributed by atoms with Gasteiger partial charge < -0.3 is 4.90 Å². The molecule has 0 saturated heterocycles. The Morgan fingerprint density at radius 1 is 0.471 bits per heavy atom. The second-order valence-electron chi connectivity index (χ2n) is 13.8. The Balaban J connectivity index is 0.00000184. The Morgan fingerprint density at radius 3 is 1.65 bits per heavy atom. The van der Waals surface area contributed by atoms with Gasteiger partial charge in [-0.25, -0.2) is 0 Å². The van der Waals surface area contributed by atoms with Crippen LogP contribution in [0, 0.1) is 27.7 Å². The number of hydrogen-bond donors (Lipinski definition) is 0. The van der Waals surface area contributed by atoms with Crippen LogP contribution in [0.5, 0.6) is 0 Å². The topological polar surface area (TPSA) is 3.24 Å². The summed E-state index contributed by atoms with van der Waals surface area (Å²) in [6, 6.07) is 47.5. The minimum absolute atomic E-state index is 0.993. The van der Waals surface area contributed by atoms with E-state index in [0.717, 1.165) is 17.8 Å². The Bertz CT molecular complexity index is 2710. The van der Waals surface area contributed by atoms with Crippen molar-refractivity contribution in [3.05, 3.63) is 155 Å². The number of anilines is 3. The van der Waals surface area contributed by atoms with Crippen LogP contribution in [0.3, 0.4) is 0 Å². The van der Waals surface area contributed by atoms with Crippen LogP contribution in [0.1, 0.15) is 49.4 Å². The van der Waals surface area contributed by atoms with Crippen LogP contribution in [0.2, 0.25) is 0 Å². The summed E-state index contributed by atoms with van der Waals surface area (Å²) in [7, 11) is 0. The van der Waals surface area contributed by atoms with E-state index in [2.05, 4.69) is 173 Å². The molecule has 0 aliphatic carbocycles. The van der Waals surface area contributed by atoms with E-state index in [1.165, 1.54) is 98.1 Å². The highest BCUT2D eigenvalue weighted by Crippen LogP contribution is 2.51. The molecule has 1 heteroatoms. The van der Waals surface area contributed by atoms with Gasteiger partial charge in [0.15, 0.2) is 0 Å². The first kappa shape index (κ1) is 32.5. The highest BCUT2D eigenvalue weighted by molar-refractivity contribution is 6.40. The molecule has 0 radical (unpaired) electrons. The van der Waals surface area contributed by atoms with Crippen molar-refractivity contribution in [2.24, 2.45) is 0 Å². The van der Waals surface area contributed by atoms with Gasteiger partial charge in [0.05, 0.1) is 5.69 Å². The number of aryl methyl sites for hydroxylation is 4. The number of rotatable bonds is 5. The molecule has 0 bridgehead atoms. The number of hydrogen-bond acceptors (Lipinski definition) is 1. The molecule has 0 heterocycles. The Labute approximate surface area is 301 Å². The first-order chi connectivity index (χ1) is 25.0. The summed E-state index contributed by atoms with van der Waals surface area (Å²) in [4.78, 5) is 2.43. The lowest BCUT2D eigenvalue weighted by Gasteiger charge is -2.27. The molecule has 51 heavy (non-hydrogen) atoms. The van der Waals surface area contributed by atoms with E-state index < -0.39 is 0 Å². The molecular formula is C50H45N. The van der Waals surface area contributed by atoms with Crippen LogP contribution < -0.4 is 10.1 Å². The predicted octanol–water partition coefficient (Wildman–Crippen LogP) is 14.2. The molecule has 0 fully saturated rings. The average molecular weight is 660 g/mol. The molecule has 0 amide bonds. The molecule has 1 nitrogen and oxygen atoms in total. The fraction of sp³-hybridized carbons (Fsp3) is 0.160. The van der Waals surface area contributed by atoms with Crippen molar-refractivity contribution in [2.45, 2.75) is 54.9 Å². The number of nitrogens with zero attached hydrogens (tertiary/aromatic N) is 1. The van der Waals surface area contributed by atoms with E-state index in [-0.39, 0.29) is 0 Å². The van der Waals surface area contributed by atoms with Crippen LogP contribution in [0.25, 0.3) is 71.1 Å². The van der Waals surface area contributed by atoms with Crippen molar-refractivity contribution in [1.29, 1.82) is 0 Å². The zero-order valence-electron chi connectivity index (χ0n) is 30.9. The maximum atomic E-state index is 2.45. The van der Waals surface area contributed by atoms with Gasteiger partial charge in [0.2, 0.25) is 0 Å². The molecule has 250 valence electrons. The molecule has 0 aromatic heterocycles. The third-order valence-electron chi connectivity index (χ3n) is 10.7. The largest absolute Gasteiger partial charge is 0.310 e. The van der Waals surface area contributed by atoms with Crippen molar-refractivity contribution in [1.82, 2.24) is 0 Å². The molecule has 0 N–H and O–H groups in total. The lowest BCUT2D eigenvalue weighted by Crippen LogP contribution is -2.10.